The first-order valence-electron chi connectivity index (χ1n) is 6.46. The van der Waals surface area contributed by atoms with Gasteiger partial charge in [-0.2, -0.15) is 0 Å². The van der Waals surface area contributed by atoms with Crippen LogP contribution in [0.2, 0.25) is 5.02 Å². The Bertz CT molecular complexity index is 795. The van der Waals surface area contributed by atoms with Crippen LogP contribution in [0.5, 0.6) is 5.75 Å². The molecular weight excluding hydrogens is 295 g/mol. The van der Waals surface area contributed by atoms with Gasteiger partial charge in [0.1, 0.15) is 17.1 Å². The van der Waals surface area contributed by atoms with Crippen LogP contribution >= 0.6 is 11.6 Å². The number of benzene rings is 2. The number of para-hydroxylation sites is 2. The fourth-order valence-electron chi connectivity index (χ4n) is 2.33. The van der Waals surface area contributed by atoms with Crippen molar-refractivity contribution in [3.63, 3.8) is 0 Å². The number of rotatable bonds is 1. The molecule has 1 unspecified atom stereocenters. The number of nitrogens with zero attached hydrogens (tertiary/aromatic N) is 1. The van der Waals surface area contributed by atoms with Crippen LogP contribution in [0.25, 0.3) is 11.1 Å². The third-order valence-corrected chi connectivity index (χ3v) is 3.65. The number of hydrogen-bond acceptors (Lipinski definition) is 4. The van der Waals surface area contributed by atoms with E-state index in [2.05, 4.69) is 10.3 Å². The average Bonchev–Trinajstić information content (AvgIpc) is 2.90. The van der Waals surface area contributed by atoms with E-state index in [1.165, 1.54) is 12.1 Å². The second-order valence-corrected chi connectivity index (χ2v) is 5.18. The summed E-state index contributed by atoms with van der Waals surface area (Å²) in [6, 6.07) is 10.3. The number of nitrogens with one attached hydrogen (secondary N) is 1. The molecule has 1 atom stereocenters. The minimum Gasteiger partial charge on any atom is -0.477 e. The fourth-order valence-corrected chi connectivity index (χ4v) is 2.49. The van der Waals surface area contributed by atoms with Crippen molar-refractivity contribution in [2.24, 2.45) is 0 Å². The summed E-state index contributed by atoms with van der Waals surface area (Å²) in [6.45, 7) is 0.528. The molecule has 21 heavy (non-hydrogen) atoms. The molecule has 6 heteroatoms. The van der Waals surface area contributed by atoms with E-state index in [-0.39, 0.29) is 11.1 Å². The Hall–Kier alpha value is -2.27. The van der Waals surface area contributed by atoms with Gasteiger partial charge in [0, 0.05) is 6.07 Å². The molecule has 1 aliphatic heterocycles. The van der Waals surface area contributed by atoms with Gasteiger partial charge in [0.2, 0.25) is 5.89 Å². The molecule has 0 amide bonds. The van der Waals surface area contributed by atoms with Crippen LogP contribution in [-0.2, 0) is 0 Å². The van der Waals surface area contributed by atoms with E-state index in [4.69, 9.17) is 20.8 Å². The van der Waals surface area contributed by atoms with Gasteiger partial charge in [-0.15, -0.1) is 0 Å². The molecule has 2 heterocycles. The second kappa shape index (κ2) is 4.63. The molecule has 3 aromatic rings. The SMILES string of the molecule is Fc1cc2oc(C3CNc4ccccc4O3)nc2cc1Cl. The molecular formula is C15H10ClFN2O2. The van der Waals surface area contributed by atoms with Gasteiger partial charge in [0.25, 0.3) is 0 Å². The van der Waals surface area contributed by atoms with Gasteiger partial charge < -0.3 is 14.5 Å². The molecule has 0 saturated carbocycles. The standard InChI is InChI=1S/C15H10ClFN2O2/c16-8-5-11-13(6-9(8)17)21-15(19-11)14-7-18-10-3-1-2-4-12(10)20-14/h1-6,14,18H,7H2. The maximum atomic E-state index is 13.4. The van der Waals surface area contributed by atoms with E-state index in [9.17, 15) is 4.39 Å². The Morgan fingerprint density at radius 2 is 2.14 bits per heavy atom. The lowest BCUT2D eigenvalue weighted by atomic mass is 10.2. The van der Waals surface area contributed by atoms with Crippen LogP contribution in [0.15, 0.2) is 40.8 Å². The van der Waals surface area contributed by atoms with Crippen LogP contribution in [0.4, 0.5) is 10.1 Å². The zero-order valence-corrected chi connectivity index (χ0v) is 11.5. The largest absolute Gasteiger partial charge is 0.477 e. The maximum absolute atomic E-state index is 13.4. The topological polar surface area (TPSA) is 47.3 Å². The number of anilines is 1. The van der Waals surface area contributed by atoms with E-state index >= 15 is 0 Å². The average molecular weight is 305 g/mol. The molecule has 0 radical (unpaired) electrons. The van der Waals surface area contributed by atoms with Gasteiger partial charge in [-0.3, -0.25) is 0 Å². The number of oxazole rings is 1. The van der Waals surface area contributed by atoms with Gasteiger partial charge >= 0.3 is 0 Å². The number of halogens is 2. The monoisotopic (exact) mass is 304 g/mol. The van der Waals surface area contributed by atoms with Crippen molar-refractivity contribution >= 4 is 28.4 Å². The lowest BCUT2D eigenvalue weighted by molar-refractivity contribution is 0.177. The number of aromatic nitrogens is 1. The van der Waals surface area contributed by atoms with Gasteiger partial charge in [0.05, 0.1) is 17.3 Å². The third-order valence-electron chi connectivity index (χ3n) is 3.36. The Morgan fingerprint density at radius 3 is 3.05 bits per heavy atom. The van der Waals surface area contributed by atoms with E-state index in [0.29, 0.717) is 23.5 Å². The zero-order valence-electron chi connectivity index (χ0n) is 10.8. The van der Waals surface area contributed by atoms with Crippen LogP contribution in [0, 0.1) is 5.82 Å². The normalized spacial score (nSPS) is 17.1. The molecule has 0 saturated heterocycles. The van der Waals surface area contributed by atoms with Crippen molar-refractivity contribution in [1.29, 1.82) is 0 Å². The second-order valence-electron chi connectivity index (χ2n) is 4.77. The molecule has 1 N–H and O–H groups in total. The molecule has 4 nitrogen and oxygen atoms in total. The third kappa shape index (κ3) is 2.10. The predicted octanol–water partition coefficient (Wildman–Crippen LogP) is 4.17. The van der Waals surface area contributed by atoms with E-state index in [1.54, 1.807) is 0 Å². The molecule has 1 aliphatic rings. The van der Waals surface area contributed by atoms with Crippen molar-refractivity contribution in [2.75, 3.05) is 11.9 Å². The molecule has 0 aliphatic carbocycles. The summed E-state index contributed by atoms with van der Waals surface area (Å²) in [5, 5.41) is 3.28. The molecule has 0 spiro atoms. The number of ether oxygens (including phenoxy) is 1. The van der Waals surface area contributed by atoms with E-state index < -0.39 is 5.82 Å². The van der Waals surface area contributed by atoms with E-state index in [0.717, 1.165) is 11.4 Å². The first-order chi connectivity index (χ1) is 10.2. The zero-order chi connectivity index (χ0) is 14.4. The predicted molar refractivity (Wildman–Crippen MR) is 77.3 cm³/mol. The summed E-state index contributed by atoms with van der Waals surface area (Å²) in [5.74, 6) is 0.605. The summed E-state index contributed by atoms with van der Waals surface area (Å²) in [7, 11) is 0. The Morgan fingerprint density at radius 1 is 1.29 bits per heavy atom. The first-order valence-corrected chi connectivity index (χ1v) is 6.83. The van der Waals surface area contributed by atoms with Crippen molar-refractivity contribution in [3.8, 4) is 5.75 Å². The van der Waals surface area contributed by atoms with E-state index in [1.807, 2.05) is 24.3 Å². The molecule has 0 bridgehead atoms. The van der Waals surface area contributed by atoms with Crippen molar-refractivity contribution in [1.82, 2.24) is 4.98 Å². The minimum absolute atomic E-state index is 0.0235. The summed E-state index contributed by atoms with van der Waals surface area (Å²) < 4.78 is 24.9. The summed E-state index contributed by atoms with van der Waals surface area (Å²) in [5.41, 5.74) is 1.80. The van der Waals surface area contributed by atoms with Crippen LogP contribution in [-0.4, -0.2) is 11.5 Å². The Balaban J connectivity index is 1.71. The lowest BCUT2D eigenvalue weighted by Gasteiger charge is -2.25. The highest BCUT2D eigenvalue weighted by Crippen LogP contribution is 2.34. The van der Waals surface area contributed by atoms with Crippen LogP contribution in [0.3, 0.4) is 0 Å². The molecule has 4 rings (SSSR count). The number of fused-ring (bicyclic) bond motifs is 2. The highest BCUT2D eigenvalue weighted by atomic mass is 35.5. The molecule has 0 fully saturated rings. The summed E-state index contributed by atoms with van der Waals surface area (Å²) in [6.07, 6.45) is -0.367. The number of hydrogen-bond donors (Lipinski definition) is 1. The molecule has 1 aromatic heterocycles. The van der Waals surface area contributed by atoms with Gasteiger partial charge in [0.15, 0.2) is 11.7 Å². The van der Waals surface area contributed by atoms with Gasteiger partial charge in [-0.05, 0) is 18.2 Å². The fraction of sp³-hybridized carbons (Fsp3) is 0.133. The highest BCUT2D eigenvalue weighted by Gasteiger charge is 2.25. The lowest BCUT2D eigenvalue weighted by Crippen LogP contribution is -2.23. The summed E-state index contributed by atoms with van der Waals surface area (Å²) >= 11 is 5.75. The highest BCUT2D eigenvalue weighted by molar-refractivity contribution is 6.31. The first kappa shape index (κ1) is 12.5. The van der Waals surface area contributed by atoms with Crippen molar-refractivity contribution < 1.29 is 13.5 Å². The van der Waals surface area contributed by atoms with Crippen molar-refractivity contribution in [2.45, 2.75) is 6.10 Å². The molecule has 2 aromatic carbocycles. The quantitative estimate of drug-likeness (QED) is 0.733. The Kier molecular flexibility index (Phi) is 2.75. The van der Waals surface area contributed by atoms with Crippen LogP contribution in [0.1, 0.15) is 12.0 Å². The van der Waals surface area contributed by atoms with Crippen molar-refractivity contribution in [3.05, 3.63) is 53.1 Å². The van der Waals surface area contributed by atoms with Crippen LogP contribution < -0.4 is 10.1 Å². The Labute approximate surface area is 124 Å². The molecule has 106 valence electrons. The summed E-state index contributed by atoms with van der Waals surface area (Å²) in [4.78, 5) is 4.33. The maximum Gasteiger partial charge on any atom is 0.238 e. The van der Waals surface area contributed by atoms with Gasteiger partial charge in [-0.1, -0.05) is 23.7 Å². The minimum atomic E-state index is -0.528. The smallest absolute Gasteiger partial charge is 0.238 e. The van der Waals surface area contributed by atoms with Gasteiger partial charge in [-0.25, -0.2) is 9.37 Å².